The van der Waals surface area contributed by atoms with Crippen molar-refractivity contribution in [2.24, 2.45) is 0 Å². The Morgan fingerprint density at radius 2 is 1.76 bits per heavy atom. The van der Waals surface area contributed by atoms with Crippen LogP contribution in [-0.4, -0.2) is 52.8 Å². The van der Waals surface area contributed by atoms with E-state index in [0.29, 0.717) is 5.65 Å². The summed E-state index contributed by atoms with van der Waals surface area (Å²) in [6.45, 7) is 7.46. The average Bonchev–Trinajstić information content (AvgIpc) is 3.51. The van der Waals surface area contributed by atoms with Gasteiger partial charge in [0.1, 0.15) is 5.69 Å². The number of aryl methyl sites for hydroxylation is 2. The lowest BCUT2D eigenvalue weighted by atomic mass is 10.0. The van der Waals surface area contributed by atoms with E-state index in [2.05, 4.69) is 57.3 Å². The fourth-order valence-electron chi connectivity index (χ4n) is 5.01. The van der Waals surface area contributed by atoms with E-state index in [-0.39, 0.29) is 0 Å². The largest absolute Gasteiger partial charge is 0.299 e. The van der Waals surface area contributed by atoms with Gasteiger partial charge in [0.2, 0.25) is 0 Å². The first-order valence-electron chi connectivity index (χ1n) is 12.6. The molecule has 0 unspecified atom stereocenters. The van der Waals surface area contributed by atoms with Crippen molar-refractivity contribution in [1.82, 2.24) is 39.7 Å². The number of benzene rings is 1. The minimum absolute atomic E-state index is 0.664. The van der Waals surface area contributed by atoms with Gasteiger partial charge in [-0.25, -0.2) is 19.5 Å². The van der Waals surface area contributed by atoms with E-state index in [1.807, 2.05) is 41.9 Å². The maximum atomic E-state index is 4.95. The van der Waals surface area contributed by atoms with E-state index < -0.39 is 0 Å². The molecule has 1 saturated heterocycles. The van der Waals surface area contributed by atoms with Crippen LogP contribution in [0.5, 0.6) is 0 Å². The number of nitrogens with zero attached hydrogens (tertiary/aromatic N) is 7. The van der Waals surface area contributed by atoms with Crippen molar-refractivity contribution < 1.29 is 0 Å². The van der Waals surface area contributed by atoms with Crippen molar-refractivity contribution in [3.8, 4) is 33.8 Å². The summed E-state index contributed by atoms with van der Waals surface area (Å²) in [5, 5.41) is 13.2. The molecule has 7 rings (SSSR count). The summed E-state index contributed by atoms with van der Waals surface area (Å²) in [6, 6.07) is 19.0. The number of likely N-dealkylation sites (tertiary alicyclic amines) is 1. The van der Waals surface area contributed by atoms with E-state index in [9.17, 15) is 0 Å². The predicted molar refractivity (Wildman–Crippen MR) is 144 cm³/mol. The quantitative estimate of drug-likeness (QED) is 0.360. The van der Waals surface area contributed by atoms with E-state index >= 15 is 0 Å². The lowest BCUT2D eigenvalue weighted by Crippen LogP contribution is -2.36. The van der Waals surface area contributed by atoms with Crippen LogP contribution in [0.4, 0.5) is 0 Å². The summed E-state index contributed by atoms with van der Waals surface area (Å²) in [5.41, 5.74) is 10.5. The molecule has 0 saturated carbocycles. The van der Waals surface area contributed by atoms with Crippen LogP contribution >= 0.6 is 0 Å². The number of hydrogen-bond acceptors (Lipinski definition) is 6. The number of nitrogens with one attached hydrogen (secondary N) is 1. The summed E-state index contributed by atoms with van der Waals surface area (Å²) in [6.07, 6.45) is 4.97. The van der Waals surface area contributed by atoms with Gasteiger partial charge in [-0.15, -0.1) is 0 Å². The minimum Gasteiger partial charge on any atom is -0.299 e. The van der Waals surface area contributed by atoms with Gasteiger partial charge in [0.15, 0.2) is 11.3 Å². The molecule has 1 aliphatic rings. The molecule has 0 atom stereocenters. The summed E-state index contributed by atoms with van der Waals surface area (Å²) >= 11 is 0. The summed E-state index contributed by atoms with van der Waals surface area (Å²) in [5.74, 6) is 0. The molecule has 0 spiro atoms. The maximum Gasteiger partial charge on any atom is 0.160 e. The molecular weight excluding hydrogens is 460 g/mol. The Morgan fingerprint density at radius 1 is 0.892 bits per heavy atom. The lowest BCUT2D eigenvalue weighted by Gasteiger charge is -2.30. The topological polar surface area (TPSA) is 87.9 Å². The summed E-state index contributed by atoms with van der Waals surface area (Å²) in [4.78, 5) is 16.5. The maximum absolute atomic E-state index is 4.95. The molecule has 6 aromatic rings. The molecule has 0 aliphatic carbocycles. The monoisotopic (exact) mass is 486 g/mol. The second-order valence-electron chi connectivity index (χ2n) is 9.75. The van der Waals surface area contributed by atoms with Gasteiger partial charge in [0.25, 0.3) is 0 Å². The van der Waals surface area contributed by atoms with Crippen molar-refractivity contribution in [1.29, 1.82) is 0 Å². The number of aromatic nitrogens is 7. The molecule has 182 valence electrons. The molecule has 37 heavy (non-hydrogen) atoms. The molecule has 1 aromatic carbocycles. The van der Waals surface area contributed by atoms with Gasteiger partial charge < -0.3 is 0 Å². The number of fused-ring (bicyclic) bond motifs is 2. The predicted octanol–water partition coefficient (Wildman–Crippen LogP) is 5.22. The van der Waals surface area contributed by atoms with Crippen LogP contribution in [0, 0.1) is 13.8 Å². The molecule has 1 aliphatic heterocycles. The number of H-pyrrole nitrogens is 1. The molecular formula is C29H26N8. The van der Waals surface area contributed by atoms with E-state index in [0.717, 1.165) is 62.7 Å². The van der Waals surface area contributed by atoms with Crippen LogP contribution < -0.4 is 0 Å². The standard InChI is InChI=1S/C29H26N8/c1-18-14-26(34-33-18)25-9-8-23-22(10-11-30-29(23)32-25)27-16-31-28-15-24(19(2)35-37(27)28)21-6-4-20(5-7-21)17-36-12-3-13-36/h4-11,14-16H,3,12-13,17H2,1-2H3,(H,33,34). The van der Waals surface area contributed by atoms with Gasteiger partial charge in [-0.3, -0.25) is 10.00 Å². The smallest absolute Gasteiger partial charge is 0.160 e. The highest BCUT2D eigenvalue weighted by Gasteiger charge is 2.16. The first-order valence-corrected chi connectivity index (χ1v) is 12.6. The van der Waals surface area contributed by atoms with E-state index in [1.165, 1.54) is 25.1 Å². The van der Waals surface area contributed by atoms with Gasteiger partial charge in [0, 0.05) is 34.9 Å². The Bertz CT molecular complexity index is 1760. The highest BCUT2D eigenvalue weighted by Crippen LogP contribution is 2.31. The normalized spacial score (nSPS) is 13.9. The fourth-order valence-corrected chi connectivity index (χ4v) is 5.01. The van der Waals surface area contributed by atoms with Crippen molar-refractivity contribution >= 4 is 16.7 Å². The minimum atomic E-state index is 0.664. The van der Waals surface area contributed by atoms with Crippen LogP contribution in [0.3, 0.4) is 0 Å². The molecule has 5 aromatic heterocycles. The molecule has 6 heterocycles. The van der Waals surface area contributed by atoms with Crippen molar-refractivity contribution in [3.05, 3.63) is 83.9 Å². The van der Waals surface area contributed by atoms with Crippen LogP contribution in [-0.2, 0) is 6.54 Å². The van der Waals surface area contributed by atoms with Crippen molar-refractivity contribution in [3.63, 3.8) is 0 Å². The Hall–Kier alpha value is -4.43. The molecule has 1 N–H and O–H groups in total. The average molecular weight is 487 g/mol. The SMILES string of the molecule is Cc1cc(-c2ccc3c(-c4cnc5cc(-c6ccc(CN7CCC7)cc6)c(C)nn45)ccnc3n2)n[nH]1. The van der Waals surface area contributed by atoms with Gasteiger partial charge in [0.05, 0.1) is 23.3 Å². The summed E-state index contributed by atoms with van der Waals surface area (Å²) in [7, 11) is 0. The fraction of sp³-hybridized carbons (Fsp3) is 0.207. The zero-order chi connectivity index (χ0) is 24.9. The first kappa shape index (κ1) is 21.8. The third kappa shape index (κ3) is 3.86. The van der Waals surface area contributed by atoms with Gasteiger partial charge >= 0.3 is 0 Å². The Morgan fingerprint density at radius 3 is 2.51 bits per heavy atom. The highest BCUT2D eigenvalue weighted by molar-refractivity contribution is 5.93. The zero-order valence-corrected chi connectivity index (χ0v) is 20.8. The Balaban J connectivity index is 1.25. The van der Waals surface area contributed by atoms with Crippen molar-refractivity contribution in [2.75, 3.05) is 13.1 Å². The molecule has 0 radical (unpaired) electrons. The third-order valence-electron chi connectivity index (χ3n) is 7.14. The molecule has 8 nitrogen and oxygen atoms in total. The van der Waals surface area contributed by atoms with E-state index in [4.69, 9.17) is 15.1 Å². The number of imidazole rings is 1. The van der Waals surface area contributed by atoms with Gasteiger partial charge in [-0.05, 0) is 74.8 Å². The Labute approximate surface area is 214 Å². The number of rotatable bonds is 5. The van der Waals surface area contributed by atoms with E-state index in [1.54, 1.807) is 6.20 Å². The second-order valence-corrected chi connectivity index (χ2v) is 9.75. The first-order chi connectivity index (χ1) is 18.1. The number of aromatic amines is 1. The van der Waals surface area contributed by atoms with Crippen LogP contribution in [0.25, 0.3) is 50.5 Å². The van der Waals surface area contributed by atoms with Crippen LogP contribution in [0.1, 0.15) is 23.4 Å². The van der Waals surface area contributed by atoms with Crippen LogP contribution in [0.2, 0.25) is 0 Å². The second kappa shape index (κ2) is 8.60. The van der Waals surface area contributed by atoms with Crippen molar-refractivity contribution in [2.45, 2.75) is 26.8 Å². The molecule has 0 bridgehead atoms. The molecule has 0 amide bonds. The number of pyridine rings is 2. The molecule has 1 fully saturated rings. The number of hydrogen-bond donors (Lipinski definition) is 1. The Kier molecular flexibility index (Phi) is 5.07. The highest BCUT2D eigenvalue weighted by atomic mass is 15.3. The lowest BCUT2D eigenvalue weighted by molar-refractivity contribution is 0.172. The molecule has 8 heteroatoms. The third-order valence-corrected chi connectivity index (χ3v) is 7.14. The summed E-state index contributed by atoms with van der Waals surface area (Å²) < 4.78 is 1.91. The van der Waals surface area contributed by atoms with Crippen LogP contribution in [0.15, 0.2) is 67.0 Å². The van der Waals surface area contributed by atoms with Gasteiger partial charge in [-0.2, -0.15) is 10.2 Å². The van der Waals surface area contributed by atoms with Gasteiger partial charge in [-0.1, -0.05) is 24.3 Å². The zero-order valence-electron chi connectivity index (χ0n) is 20.8.